The van der Waals surface area contributed by atoms with E-state index in [0.717, 1.165) is 38.0 Å². The molecule has 166 valence electrons. The van der Waals surface area contributed by atoms with Crippen LogP contribution in [-0.2, 0) is 9.53 Å². The first-order valence-electron chi connectivity index (χ1n) is 12.1. The van der Waals surface area contributed by atoms with Gasteiger partial charge in [-0.25, -0.2) is 0 Å². The first-order chi connectivity index (χ1) is 13.7. The second-order valence-corrected chi connectivity index (χ2v) is 11.5. The summed E-state index contributed by atoms with van der Waals surface area (Å²) < 4.78 is 4.85. The van der Waals surface area contributed by atoms with Gasteiger partial charge in [0.05, 0.1) is 19.3 Å². The molecule has 2 unspecified atom stereocenters. The Morgan fingerprint density at radius 1 is 1.07 bits per heavy atom. The maximum Gasteiger partial charge on any atom is 0.305 e. The molecule has 0 aromatic carbocycles. The number of rotatable bonds is 4. The average molecular weight is 407 g/mol. The molecule has 0 bridgehead atoms. The van der Waals surface area contributed by atoms with Crippen LogP contribution >= 0.6 is 0 Å². The van der Waals surface area contributed by atoms with Crippen LogP contribution in [0.2, 0.25) is 0 Å². The molecule has 0 heterocycles. The molecule has 0 saturated heterocycles. The van der Waals surface area contributed by atoms with E-state index in [-0.39, 0.29) is 23.6 Å². The normalized spacial score (nSPS) is 50.2. The minimum absolute atomic E-state index is 0.0198. The van der Waals surface area contributed by atoms with E-state index in [1.54, 1.807) is 0 Å². The van der Waals surface area contributed by atoms with Crippen LogP contribution in [-0.4, -0.2) is 35.5 Å². The molecule has 4 aliphatic rings. The summed E-state index contributed by atoms with van der Waals surface area (Å²) in [5.41, 5.74) is 0.271. The third-order valence-electron chi connectivity index (χ3n) is 10.5. The van der Waals surface area contributed by atoms with E-state index >= 15 is 0 Å². The van der Waals surface area contributed by atoms with E-state index in [2.05, 4.69) is 20.8 Å². The van der Waals surface area contributed by atoms with Gasteiger partial charge in [-0.15, -0.1) is 0 Å². The van der Waals surface area contributed by atoms with Crippen molar-refractivity contribution in [3.05, 3.63) is 0 Å². The monoisotopic (exact) mass is 406 g/mol. The molecule has 0 spiro atoms. The van der Waals surface area contributed by atoms with E-state index in [4.69, 9.17) is 4.74 Å². The molecular formula is C25H42O4. The maximum absolute atomic E-state index is 11.6. The summed E-state index contributed by atoms with van der Waals surface area (Å²) in [6.45, 7) is 7.12. The molecular weight excluding hydrogens is 364 g/mol. The van der Waals surface area contributed by atoms with Gasteiger partial charge in [-0.05, 0) is 104 Å². The standard InChI is InChI=1S/C25H42O4/c1-15(5-10-23(28)29-4)19-8-9-20-18-7-6-16-13-17(26)11-12-24(16,2)21(18)14-22(27)25(19,20)3/h15-22,26-27H,5-14H2,1-4H3/t15-,16-,17-,18?,19-,20+,21?,22+,24+,25-/m1/s1. The summed E-state index contributed by atoms with van der Waals surface area (Å²) in [5.74, 6) is 3.36. The van der Waals surface area contributed by atoms with Crippen molar-refractivity contribution in [3.8, 4) is 0 Å². The van der Waals surface area contributed by atoms with Gasteiger partial charge in [0.15, 0.2) is 0 Å². The van der Waals surface area contributed by atoms with Crippen LogP contribution < -0.4 is 0 Å². The average Bonchev–Trinajstić information content (AvgIpc) is 3.06. The van der Waals surface area contributed by atoms with Crippen LogP contribution in [0.25, 0.3) is 0 Å². The molecule has 4 aliphatic carbocycles. The van der Waals surface area contributed by atoms with Crippen LogP contribution in [0.15, 0.2) is 0 Å². The molecule has 0 aromatic heterocycles. The first-order valence-corrected chi connectivity index (χ1v) is 12.1. The zero-order valence-corrected chi connectivity index (χ0v) is 18.9. The van der Waals surface area contributed by atoms with Gasteiger partial charge in [0, 0.05) is 6.42 Å². The van der Waals surface area contributed by atoms with Crippen LogP contribution in [0.3, 0.4) is 0 Å². The van der Waals surface area contributed by atoms with Crippen LogP contribution in [0.4, 0.5) is 0 Å². The van der Waals surface area contributed by atoms with Gasteiger partial charge in [-0.1, -0.05) is 20.8 Å². The zero-order valence-electron chi connectivity index (χ0n) is 18.9. The second-order valence-electron chi connectivity index (χ2n) is 11.5. The lowest BCUT2D eigenvalue weighted by Gasteiger charge is -2.62. The SMILES string of the molecule is COC(=O)CC[C@@H](C)[C@H]1CC[C@H]2C3CC[C@@H]4C[C@H](O)CC[C@]4(C)C3C[C@H](O)[C@]12C. The minimum Gasteiger partial charge on any atom is -0.469 e. The summed E-state index contributed by atoms with van der Waals surface area (Å²) in [6.07, 6.45) is 9.86. The van der Waals surface area contributed by atoms with Gasteiger partial charge in [-0.2, -0.15) is 0 Å². The number of fused-ring (bicyclic) bond motifs is 5. The highest BCUT2D eigenvalue weighted by Gasteiger charge is 2.63. The number of hydrogen-bond donors (Lipinski definition) is 2. The largest absolute Gasteiger partial charge is 0.469 e. The second kappa shape index (κ2) is 7.82. The Morgan fingerprint density at radius 2 is 1.83 bits per heavy atom. The fraction of sp³-hybridized carbons (Fsp3) is 0.960. The smallest absolute Gasteiger partial charge is 0.305 e. The lowest BCUT2D eigenvalue weighted by atomic mass is 9.43. The Hall–Kier alpha value is -0.610. The van der Waals surface area contributed by atoms with Crippen molar-refractivity contribution >= 4 is 5.97 Å². The van der Waals surface area contributed by atoms with E-state index in [0.29, 0.717) is 41.4 Å². The van der Waals surface area contributed by atoms with Crippen molar-refractivity contribution < 1.29 is 19.7 Å². The van der Waals surface area contributed by atoms with Crippen molar-refractivity contribution in [2.75, 3.05) is 7.11 Å². The molecule has 0 radical (unpaired) electrons. The van der Waals surface area contributed by atoms with Crippen molar-refractivity contribution in [2.24, 2.45) is 46.3 Å². The van der Waals surface area contributed by atoms with E-state index < -0.39 is 0 Å². The van der Waals surface area contributed by atoms with Crippen LogP contribution in [0, 0.1) is 46.3 Å². The quantitative estimate of drug-likeness (QED) is 0.671. The third kappa shape index (κ3) is 3.37. The van der Waals surface area contributed by atoms with Crippen LogP contribution in [0.1, 0.15) is 85.0 Å². The number of esters is 1. The number of carbonyl (C=O) groups excluding carboxylic acids is 1. The predicted molar refractivity (Wildman–Crippen MR) is 113 cm³/mol. The van der Waals surface area contributed by atoms with E-state index in [1.807, 2.05) is 0 Å². The molecule has 4 saturated carbocycles. The van der Waals surface area contributed by atoms with Gasteiger partial charge < -0.3 is 14.9 Å². The molecule has 2 N–H and O–H groups in total. The predicted octanol–water partition coefficient (Wildman–Crippen LogP) is 4.57. The molecule has 0 amide bonds. The number of aliphatic hydroxyl groups excluding tert-OH is 2. The van der Waals surface area contributed by atoms with Gasteiger partial charge in [0.1, 0.15) is 0 Å². The number of ether oxygens (including phenoxy) is 1. The highest BCUT2D eigenvalue weighted by molar-refractivity contribution is 5.69. The molecule has 29 heavy (non-hydrogen) atoms. The Bertz CT molecular complexity index is 620. The van der Waals surface area contributed by atoms with Crippen molar-refractivity contribution in [1.29, 1.82) is 0 Å². The minimum atomic E-state index is -0.246. The summed E-state index contributed by atoms with van der Waals surface area (Å²) in [6, 6.07) is 0. The zero-order chi connectivity index (χ0) is 21.0. The van der Waals surface area contributed by atoms with Crippen LogP contribution in [0.5, 0.6) is 0 Å². The Balaban J connectivity index is 1.53. The van der Waals surface area contributed by atoms with Gasteiger partial charge in [0.2, 0.25) is 0 Å². The Morgan fingerprint density at radius 3 is 2.55 bits per heavy atom. The number of aliphatic hydroxyl groups is 2. The fourth-order valence-corrected chi connectivity index (χ4v) is 8.81. The lowest BCUT2D eigenvalue weighted by molar-refractivity contribution is -0.175. The number of hydrogen-bond acceptors (Lipinski definition) is 4. The van der Waals surface area contributed by atoms with Gasteiger partial charge in [0.25, 0.3) is 0 Å². The maximum atomic E-state index is 11.6. The van der Waals surface area contributed by atoms with Crippen molar-refractivity contribution in [1.82, 2.24) is 0 Å². The highest BCUT2D eigenvalue weighted by Crippen LogP contribution is 2.68. The van der Waals surface area contributed by atoms with E-state index in [9.17, 15) is 15.0 Å². The molecule has 4 fully saturated rings. The fourth-order valence-electron chi connectivity index (χ4n) is 8.81. The molecule has 0 aromatic rings. The molecule has 4 nitrogen and oxygen atoms in total. The topological polar surface area (TPSA) is 66.8 Å². The number of methoxy groups -OCH3 is 1. The third-order valence-corrected chi connectivity index (χ3v) is 10.5. The first kappa shape index (κ1) is 21.6. The Kier molecular flexibility index (Phi) is 5.83. The molecule has 0 aliphatic heterocycles. The van der Waals surface area contributed by atoms with Gasteiger partial charge >= 0.3 is 5.97 Å². The van der Waals surface area contributed by atoms with E-state index in [1.165, 1.54) is 32.8 Å². The van der Waals surface area contributed by atoms with Crippen molar-refractivity contribution in [3.63, 3.8) is 0 Å². The summed E-state index contributed by atoms with van der Waals surface area (Å²) in [4.78, 5) is 11.6. The lowest BCUT2D eigenvalue weighted by Crippen LogP contribution is -2.58. The summed E-state index contributed by atoms with van der Waals surface area (Å²) in [7, 11) is 1.46. The highest BCUT2D eigenvalue weighted by atomic mass is 16.5. The molecule has 4 rings (SSSR count). The molecule has 4 heteroatoms. The summed E-state index contributed by atoms with van der Waals surface area (Å²) >= 11 is 0. The number of carbonyl (C=O) groups is 1. The molecule has 10 atom stereocenters. The van der Waals surface area contributed by atoms with Crippen molar-refractivity contribution in [2.45, 2.75) is 97.2 Å². The summed E-state index contributed by atoms with van der Waals surface area (Å²) in [5, 5.41) is 21.8. The van der Waals surface area contributed by atoms with Gasteiger partial charge in [-0.3, -0.25) is 4.79 Å². The Labute approximate surface area is 176 Å².